The van der Waals surface area contributed by atoms with Gasteiger partial charge in [-0.05, 0) is 32.4 Å². The van der Waals surface area contributed by atoms with E-state index >= 15 is 0 Å². The molecule has 1 amide bonds. The molecule has 1 aromatic rings. The van der Waals surface area contributed by atoms with Crippen molar-refractivity contribution in [3.63, 3.8) is 0 Å². The highest BCUT2D eigenvalue weighted by Crippen LogP contribution is 2.14. The van der Waals surface area contributed by atoms with Crippen molar-refractivity contribution in [1.29, 1.82) is 0 Å². The first-order valence-electron chi connectivity index (χ1n) is 5.29. The van der Waals surface area contributed by atoms with Gasteiger partial charge in [-0.25, -0.2) is 8.78 Å². The SMILES string of the molecule is CC(Cc1c(F)cccc1F)NC(=O)C(C)Br. The van der Waals surface area contributed by atoms with Gasteiger partial charge in [0.15, 0.2) is 0 Å². The summed E-state index contributed by atoms with van der Waals surface area (Å²) in [7, 11) is 0. The average Bonchev–Trinajstić information content (AvgIpc) is 2.23. The molecular weight excluding hydrogens is 292 g/mol. The highest BCUT2D eigenvalue weighted by molar-refractivity contribution is 9.10. The summed E-state index contributed by atoms with van der Waals surface area (Å²) in [6, 6.07) is 3.41. The van der Waals surface area contributed by atoms with Crippen LogP contribution in [0, 0.1) is 11.6 Å². The molecule has 94 valence electrons. The number of halogens is 3. The summed E-state index contributed by atoms with van der Waals surface area (Å²) in [6.07, 6.45) is 0.129. The van der Waals surface area contributed by atoms with Crippen LogP contribution in [0.3, 0.4) is 0 Å². The van der Waals surface area contributed by atoms with Gasteiger partial charge in [-0.15, -0.1) is 0 Å². The fourth-order valence-electron chi connectivity index (χ4n) is 1.44. The minimum atomic E-state index is -0.585. The zero-order chi connectivity index (χ0) is 13.0. The Hall–Kier alpha value is -0.970. The minimum Gasteiger partial charge on any atom is -0.352 e. The number of benzene rings is 1. The van der Waals surface area contributed by atoms with Crippen molar-refractivity contribution in [2.24, 2.45) is 0 Å². The lowest BCUT2D eigenvalue weighted by Crippen LogP contribution is -2.38. The Labute approximate surface area is 108 Å². The maximum absolute atomic E-state index is 13.3. The second kappa shape index (κ2) is 6.10. The molecule has 2 atom stereocenters. The Kier molecular flexibility index (Phi) is 5.05. The number of alkyl halides is 1. The topological polar surface area (TPSA) is 29.1 Å². The lowest BCUT2D eigenvalue weighted by Gasteiger charge is -2.15. The van der Waals surface area contributed by atoms with Crippen LogP contribution >= 0.6 is 15.9 Å². The molecule has 2 nitrogen and oxygen atoms in total. The molecule has 5 heteroatoms. The molecule has 0 spiro atoms. The van der Waals surface area contributed by atoms with Crippen molar-refractivity contribution >= 4 is 21.8 Å². The molecule has 0 bridgehead atoms. The van der Waals surface area contributed by atoms with Gasteiger partial charge in [-0.3, -0.25) is 4.79 Å². The van der Waals surface area contributed by atoms with E-state index in [0.29, 0.717) is 0 Å². The number of amides is 1. The molecule has 0 saturated carbocycles. The zero-order valence-corrected chi connectivity index (χ0v) is 11.2. The van der Waals surface area contributed by atoms with E-state index in [2.05, 4.69) is 21.2 Å². The van der Waals surface area contributed by atoms with Crippen molar-refractivity contribution in [3.8, 4) is 0 Å². The van der Waals surface area contributed by atoms with Crippen molar-refractivity contribution < 1.29 is 13.6 Å². The van der Waals surface area contributed by atoms with E-state index in [-0.39, 0.29) is 28.8 Å². The predicted octanol–water partition coefficient (Wildman–Crippen LogP) is 2.80. The number of hydrogen-bond acceptors (Lipinski definition) is 1. The predicted molar refractivity (Wildman–Crippen MR) is 66.1 cm³/mol. The summed E-state index contributed by atoms with van der Waals surface area (Å²) in [5, 5.41) is 2.66. The highest BCUT2D eigenvalue weighted by Gasteiger charge is 2.16. The van der Waals surface area contributed by atoms with Gasteiger partial charge in [0, 0.05) is 11.6 Å². The molecular formula is C12H14BrF2NO. The van der Waals surface area contributed by atoms with Crippen molar-refractivity contribution in [2.75, 3.05) is 0 Å². The molecule has 17 heavy (non-hydrogen) atoms. The van der Waals surface area contributed by atoms with Crippen LogP contribution in [-0.2, 0) is 11.2 Å². The number of rotatable bonds is 4. The van der Waals surface area contributed by atoms with Gasteiger partial charge in [0.1, 0.15) is 11.6 Å². The van der Waals surface area contributed by atoms with Crippen LogP contribution in [0.5, 0.6) is 0 Å². The Morgan fingerprint density at radius 2 is 1.88 bits per heavy atom. The smallest absolute Gasteiger partial charge is 0.233 e. The first-order valence-corrected chi connectivity index (χ1v) is 6.20. The second-order valence-corrected chi connectivity index (χ2v) is 5.30. The third-order valence-electron chi connectivity index (χ3n) is 2.32. The van der Waals surface area contributed by atoms with Crippen LogP contribution in [0.4, 0.5) is 8.78 Å². The van der Waals surface area contributed by atoms with Crippen LogP contribution in [0.25, 0.3) is 0 Å². The third kappa shape index (κ3) is 4.07. The Morgan fingerprint density at radius 3 is 2.35 bits per heavy atom. The second-order valence-electron chi connectivity index (χ2n) is 3.93. The van der Waals surface area contributed by atoms with Gasteiger partial charge in [-0.1, -0.05) is 22.0 Å². The quantitative estimate of drug-likeness (QED) is 0.852. The number of carbonyl (C=O) groups excluding carboxylic acids is 1. The average molecular weight is 306 g/mol. The molecule has 0 fully saturated rings. The molecule has 0 aromatic heterocycles. The van der Waals surface area contributed by atoms with Crippen LogP contribution < -0.4 is 5.32 Å². The van der Waals surface area contributed by atoms with E-state index in [9.17, 15) is 13.6 Å². The van der Waals surface area contributed by atoms with Crippen molar-refractivity contribution in [2.45, 2.75) is 31.1 Å². The normalized spacial score (nSPS) is 14.2. The Morgan fingerprint density at radius 1 is 1.35 bits per heavy atom. The fourth-order valence-corrected chi connectivity index (χ4v) is 1.57. The Balaban J connectivity index is 2.68. The summed E-state index contributed by atoms with van der Waals surface area (Å²) in [6.45, 7) is 3.39. The molecule has 2 unspecified atom stereocenters. The lowest BCUT2D eigenvalue weighted by atomic mass is 10.1. The van der Waals surface area contributed by atoms with E-state index < -0.39 is 11.6 Å². The number of carbonyl (C=O) groups is 1. The zero-order valence-electron chi connectivity index (χ0n) is 9.64. The molecule has 0 saturated heterocycles. The van der Waals surface area contributed by atoms with Crippen LogP contribution in [0.1, 0.15) is 19.4 Å². The summed E-state index contributed by atoms with van der Waals surface area (Å²) >= 11 is 3.12. The van der Waals surface area contributed by atoms with Crippen LogP contribution in [-0.4, -0.2) is 16.8 Å². The Bertz CT molecular complexity index is 389. The first kappa shape index (κ1) is 14.1. The van der Waals surface area contributed by atoms with E-state index in [1.54, 1.807) is 13.8 Å². The molecule has 1 N–H and O–H groups in total. The molecule has 0 heterocycles. The first-order chi connectivity index (χ1) is 7.91. The van der Waals surface area contributed by atoms with E-state index in [0.717, 1.165) is 0 Å². The minimum absolute atomic E-state index is 0.00234. The third-order valence-corrected chi connectivity index (χ3v) is 2.74. The molecule has 0 aliphatic carbocycles. The summed E-state index contributed by atoms with van der Waals surface area (Å²) in [4.78, 5) is 11.0. The number of nitrogens with one attached hydrogen (secondary N) is 1. The molecule has 0 radical (unpaired) electrons. The van der Waals surface area contributed by atoms with Gasteiger partial charge < -0.3 is 5.32 Å². The lowest BCUT2D eigenvalue weighted by molar-refractivity contribution is -0.120. The van der Waals surface area contributed by atoms with Gasteiger partial charge >= 0.3 is 0 Å². The van der Waals surface area contributed by atoms with Crippen LogP contribution in [0.15, 0.2) is 18.2 Å². The van der Waals surface area contributed by atoms with Crippen molar-refractivity contribution in [3.05, 3.63) is 35.4 Å². The highest BCUT2D eigenvalue weighted by atomic mass is 79.9. The summed E-state index contributed by atoms with van der Waals surface area (Å²) in [5.41, 5.74) is 0.00234. The van der Waals surface area contributed by atoms with Gasteiger partial charge in [0.25, 0.3) is 0 Å². The maximum Gasteiger partial charge on any atom is 0.233 e. The number of hydrogen-bond donors (Lipinski definition) is 1. The standard InChI is InChI=1S/C12H14BrF2NO/c1-7(16-12(17)8(2)13)6-9-10(14)4-3-5-11(9)15/h3-5,7-8H,6H2,1-2H3,(H,16,17). The van der Waals surface area contributed by atoms with E-state index in [1.807, 2.05) is 0 Å². The van der Waals surface area contributed by atoms with E-state index in [1.165, 1.54) is 18.2 Å². The largest absolute Gasteiger partial charge is 0.352 e. The molecule has 0 aliphatic rings. The molecule has 1 rings (SSSR count). The molecule has 1 aromatic carbocycles. The van der Waals surface area contributed by atoms with Gasteiger partial charge in [0.05, 0.1) is 4.83 Å². The van der Waals surface area contributed by atoms with E-state index in [4.69, 9.17) is 0 Å². The van der Waals surface area contributed by atoms with Crippen molar-refractivity contribution in [1.82, 2.24) is 5.32 Å². The molecule has 0 aliphatic heterocycles. The summed E-state index contributed by atoms with van der Waals surface area (Å²) < 4.78 is 26.7. The van der Waals surface area contributed by atoms with Gasteiger partial charge in [-0.2, -0.15) is 0 Å². The van der Waals surface area contributed by atoms with Gasteiger partial charge in [0.2, 0.25) is 5.91 Å². The monoisotopic (exact) mass is 305 g/mol. The summed E-state index contributed by atoms with van der Waals surface area (Å²) in [5.74, 6) is -1.37. The fraction of sp³-hybridized carbons (Fsp3) is 0.417. The maximum atomic E-state index is 13.3. The van der Waals surface area contributed by atoms with Crippen LogP contribution in [0.2, 0.25) is 0 Å².